The summed E-state index contributed by atoms with van der Waals surface area (Å²) in [6.45, 7) is 4.74. The molecule has 218 valence electrons. The molecule has 0 saturated heterocycles. The lowest BCUT2D eigenvalue weighted by Gasteiger charge is -2.42. The molecule has 0 bridgehead atoms. The second-order valence-corrected chi connectivity index (χ2v) is 13.2. The summed E-state index contributed by atoms with van der Waals surface area (Å²) in [4.78, 5) is 0. The number of allylic oxidation sites excluding steroid dienone is 2. The largest absolute Gasteiger partial charge is 0.490 e. The van der Waals surface area contributed by atoms with Gasteiger partial charge < -0.3 is 4.74 Å². The zero-order chi connectivity index (χ0) is 27.9. The number of aryl methyl sites for hydroxylation is 1. The van der Waals surface area contributed by atoms with E-state index in [4.69, 9.17) is 4.74 Å². The minimum Gasteiger partial charge on any atom is -0.490 e. The predicted molar refractivity (Wildman–Crippen MR) is 162 cm³/mol. The van der Waals surface area contributed by atoms with Crippen LogP contribution in [0.15, 0.2) is 48.6 Å². The first-order valence-corrected chi connectivity index (χ1v) is 16.4. The lowest BCUT2D eigenvalue weighted by Crippen LogP contribution is -2.32. The molecule has 0 N–H and O–H groups in total. The van der Waals surface area contributed by atoms with Gasteiger partial charge in [-0.2, -0.15) is 4.39 Å². The van der Waals surface area contributed by atoms with Gasteiger partial charge in [0.25, 0.3) is 0 Å². The average molecular weight is 549 g/mol. The van der Waals surface area contributed by atoms with Crippen LogP contribution >= 0.6 is 0 Å². The lowest BCUT2D eigenvalue weighted by molar-refractivity contribution is 0.0902. The Morgan fingerprint density at radius 3 is 2.12 bits per heavy atom. The summed E-state index contributed by atoms with van der Waals surface area (Å²) in [5.41, 5.74) is 3.52. The molecule has 2 aromatic rings. The molecule has 3 heteroatoms. The van der Waals surface area contributed by atoms with E-state index in [0.717, 1.165) is 36.5 Å². The molecule has 40 heavy (non-hydrogen) atoms. The fourth-order valence-electron chi connectivity index (χ4n) is 8.16. The number of rotatable bonds is 10. The van der Waals surface area contributed by atoms with Crippen molar-refractivity contribution in [3.05, 3.63) is 76.9 Å². The van der Waals surface area contributed by atoms with Gasteiger partial charge in [-0.15, -0.1) is 0 Å². The normalized spacial score (nSPS) is 28.9. The summed E-state index contributed by atoms with van der Waals surface area (Å²) >= 11 is 0. The van der Waals surface area contributed by atoms with Gasteiger partial charge in [0.1, 0.15) is 0 Å². The molecule has 0 aliphatic heterocycles. The smallest absolute Gasteiger partial charge is 0.200 e. The first-order valence-electron chi connectivity index (χ1n) is 16.4. The molecule has 4 atom stereocenters. The van der Waals surface area contributed by atoms with Gasteiger partial charge >= 0.3 is 0 Å². The van der Waals surface area contributed by atoms with Crippen molar-refractivity contribution in [3.63, 3.8) is 0 Å². The Morgan fingerprint density at radius 1 is 0.750 bits per heavy atom. The highest BCUT2D eigenvalue weighted by molar-refractivity contribution is 5.31. The molecule has 3 fully saturated rings. The molecule has 2 aromatic carbocycles. The molecule has 3 aliphatic rings. The van der Waals surface area contributed by atoms with Crippen molar-refractivity contribution in [2.75, 3.05) is 6.61 Å². The van der Waals surface area contributed by atoms with E-state index in [1.54, 1.807) is 23.3 Å². The van der Waals surface area contributed by atoms with E-state index < -0.39 is 11.6 Å². The lowest BCUT2D eigenvalue weighted by atomic mass is 9.64. The van der Waals surface area contributed by atoms with E-state index in [-0.39, 0.29) is 5.75 Å². The average Bonchev–Trinajstić information content (AvgIpc) is 2.99. The quantitative estimate of drug-likeness (QED) is 0.268. The molecule has 0 radical (unpaired) electrons. The SMILES string of the molecule is C/C=C/CCc1ccc(OCC2CCC3CC(c4ccc(C5CCC(CCC)CC5)cc4)CCC3C2)c(F)c1F. The van der Waals surface area contributed by atoms with Gasteiger partial charge in [0, 0.05) is 0 Å². The Kier molecular flexibility index (Phi) is 10.4. The highest BCUT2D eigenvalue weighted by atomic mass is 19.2. The summed E-state index contributed by atoms with van der Waals surface area (Å²) in [6.07, 6.45) is 20.8. The molecule has 0 spiro atoms. The van der Waals surface area contributed by atoms with Crippen LogP contribution in [0.3, 0.4) is 0 Å². The highest BCUT2D eigenvalue weighted by Gasteiger charge is 2.36. The van der Waals surface area contributed by atoms with Gasteiger partial charge in [0.05, 0.1) is 6.61 Å². The van der Waals surface area contributed by atoms with Crippen LogP contribution < -0.4 is 4.74 Å². The molecule has 3 aliphatic carbocycles. The molecule has 0 amide bonds. The first kappa shape index (κ1) is 29.3. The van der Waals surface area contributed by atoms with Crippen LogP contribution in [-0.2, 0) is 6.42 Å². The molecule has 4 unspecified atom stereocenters. The zero-order valence-electron chi connectivity index (χ0n) is 24.9. The van der Waals surface area contributed by atoms with E-state index in [9.17, 15) is 8.78 Å². The molecule has 0 aromatic heterocycles. The van der Waals surface area contributed by atoms with Crippen LogP contribution in [0.1, 0.15) is 126 Å². The number of halogens is 2. The second-order valence-electron chi connectivity index (χ2n) is 13.2. The minimum atomic E-state index is -0.831. The van der Waals surface area contributed by atoms with Gasteiger partial charge in [-0.1, -0.05) is 62.2 Å². The van der Waals surface area contributed by atoms with E-state index in [1.165, 1.54) is 64.2 Å². The number of hydrogen-bond acceptors (Lipinski definition) is 1. The molecular weight excluding hydrogens is 498 g/mol. The third-order valence-electron chi connectivity index (χ3n) is 10.6. The Balaban J connectivity index is 1.08. The van der Waals surface area contributed by atoms with Gasteiger partial charge in [-0.05, 0) is 142 Å². The van der Waals surface area contributed by atoms with Gasteiger partial charge in [-0.25, -0.2) is 4.39 Å². The molecule has 3 saturated carbocycles. The zero-order valence-corrected chi connectivity index (χ0v) is 24.9. The third-order valence-corrected chi connectivity index (χ3v) is 10.6. The van der Waals surface area contributed by atoms with Crippen LogP contribution in [0.25, 0.3) is 0 Å². The van der Waals surface area contributed by atoms with Crippen LogP contribution in [0, 0.1) is 35.3 Å². The fourth-order valence-corrected chi connectivity index (χ4v) is 8.16. The fraction of sp³-hybridized carbons (Fsp3) is 0.622. The summed E-state index contributed by atoms with van der Waals surface area (Å²) in [6, 6.07) is 13.1. The van der Waals surface area contributed by atoms with Crippen LogP contribution in [0.4, 0.5) is 8.78 Å². The summed E-state index contributed by atoms with van der Waals surface area (Å²) in [5.74, 6) is 2.86. The van der Waals surface area contributed by atoms with Gasteiger partial charge in [-0.3, -0.25) is 0 Å². The van der Waals surface area contributed by atoms with Crippen molar-refractivity contribution in [1.82, 2.24) is 0 Å². The Labute approximate surface area is 241 Å². The number of fused-ring (bicyclic) bond motifs is 1. The first-order chi connectivity index (χ1) is 19.6. The van der Waals surface area contributed by atoms with E-state index in [0.29, 0.717) is 36.8 Å². The predicted octanol–water partition coefficient (Wildman–Crippen LogP) is 10.9. The van der Waals surface area contributed by atoms with Crippen molar-refractivity contribution in [2.24, 2.45) is 23.7 Å². The van der Waals surface area contributed by atoms with E-state index >= 15 is 0 Å². The third kappa shape index (κ3) is 7.18. The van der Waals surface area contributed by atoms with Crippen molar-refractivity contribution in [1.29, 1.82) is 0 Å². The maximum atomic E-state index is 14.7. The number of benzene rings is 2. The maximum absolute atomic E-state index is 14.7. The van der Waals surface area contributed by atoms with Crippen molar-refractivity contribution >= 4 is 0 Å². The molecular formula is C37H50F2O. The summed E-state index contributed by atoms with van der Waals surface area (Å²) in [7, 11) is 0. The summed E-state index contributed by atoms with van der Waals surface area (Å²) in [5, 5.41) is 0. The van der Waals surface area contributed by atoms with Crippen molar-refractivity contribution < 1.29 is 13.5 Å². The van der Waals surface area contributed by atoms with Gasteiger partial charge in [0.2, 0.25) is 5.82 Å². The van der Waals surface area contributed by atoms with Crippen molar-refractivity contribution in [2.45, 2.75) is 116 Å². The monoisotopic (exact) mass is 548 g/mol. The van der Waals surface area contributed by atoms with Crippen LogP contribution in [-0.4, -0.2) is 6.61 Å². The molecule has 0 heterocycles. The van der Waals surface area contributed by atoms with E-state index in [2.05, 4.69) is 31.2 Å². The number of hydrogen-bond donors (Lipinski definition) is 0. The Morgan fingerprint density at radius 2 is 1.40 bits per heavy atom. The highest BCUT2D eigenvalue weighted by Crippen LogP contribution is 2.48. The minimum absolute atomic E-state index is 0.0653. The molecule has 5 rings (SSSR count). The Hall–Kier alpha value is -2.16. The van der Waals surface area contributed by atoms with Crippen LogP contribution in [0.5, 0.6) is 5.75 Å². The standard InChI is InChI=1S/C37H50F2O/c1-3-5-6-8-31-21-22-35(37(39)36(31)38)40-25-27-11-14-34-24-33(20-19-32(34)23-27)30-17-15-29(16-18-30)28-12-9-26(7-4-2)10-13-28/h3,5,15-18,21-22,26-28,32-34H,4,6-14,19-20,23-25H2,1-2H3/b5-3+. The molecule has 1 nitrogen and oxygen atoms in total. The maximum Gasteiger partial charge on any atom is 0.200 e. The van der Waals surface area contributed by atoms with E-state index in [1.807, 2.05) is 19.1 Å². The van der Waals surface area contributed by atoms with Gasteiger partial charge in [0.15, 0.2) is 11.6 Å². The van der Waals surface area contributed by atoms with Crippen molar-refractivity contribution in [3.8, 4) is 5.75 Å². The summed E-state index contributed by atoms with van der Waals surface area (Å²) < 4.78 is 35.0. The Bertz CT molecular complexity index is 1100. The second kappa shape index (κ2) is 14.1. The van der Waals surface area contributed by atoms with Crippen LogP contribution in [0.2, 0.25) is 0 Å². The number of ether oxygens (including phenoxy) is 1. The topological polar surface area (TPSA) is 9.23 Å².